The van der Waals surface area contributed by atoms with Gasteiger partial charge in [-0.25, -0.2) is 0 Å². The number of likely N-dealkylation sites (tertiary alicyclic amines) is 1. The van der Waals surface area contributed by atoms with Gasteiger partial charge >= 0.3 is 0 Å². The summed E-state index contributed by atoms with van der Waals surface area (Å²) >= 11 is 0. The lowest BCUT2D eigenvalue weighted by Crippen LogP contribution is -2.48. The number of hydrogen-bond donors (Lipinski definition) is 1. The minimum absolute atomic E-state index is 0.0700. The van der Waals surface area contributed by atoms with Crippen LogP contribution >= 0.6 is 0 Å². The Kier molecular flexibility index (Phi) is 4.90. The van der Waals surface area contributed by atoms with E-state index in [1.165, 1.54) is 6.42 Å². The molecular formula is C10H20N2O2. The smallest absolute Gasteiger partial charge is 0.237 e. The Labute approximate surface area is 85.6 Å². The first kappa shape index (κ1) is 11.5. The summed E-state index contributed by atoms with van der Waals surface area (Å²) in [7, 11) is 3.65. The van der Waals surface area contributed by atoms with Crippen LogP contribution in [0.1, 0.15) is 19.3 Å². The summed E-state index contributed by atoms with van der Waals surface area (Å²) in [4.78, 5) is 13.8. The van der Waals surface area contributed by atoms with Crippen molar-refractivity contribution in [1.82, 2.24) is 10.2 Å². The maximum absolute atomic E-state index is 11.7. The zero-order chi connectivity index (χ0) is 10.4. The molecule has 0 radical (unpaired) electrons. The highest BCUT2D eigenvalue weighted by Gasteiger charge is 2.25. The van der Waals surface area contributed by atoms with Crippen LogP contribution in [0.4, 0.5) is 0 Å². The van der Waals surface area contributed by atoms with Crippen LogP contribution in [0.15, 0.2) is 0 Å². The first-order valence-electron chi connectivity index (χ1n) is 5.22. The molecule has 0 bridgehead atoms. The molecule has 0 aliphatic carbocycles. The van der Waals surface area contributed by atoms with Crippen LogP contribution in [0.25, 0.3) is 0 Å². The third-order valence-electron chi connectivity index (χ3n) is 2.68. The Balaban J connectivity index is 2.27. The van der Waals surface area contributed by atoms with Crippen molar-refractivity contribution in [3.8, 4) is 0 Å². The third-order valence-corrected chi connectivity index (χ3v) is 2.68. The van der Waals surface area contributed by atoms with Crippen LogP contribution in [0.2, 0.25) is 0 Å². The summed E-state index contributed by atoms with van der Waals surface area (Å²) in [5.74, 6) is 0.143. The van der Waals surface area contributed by atoms with Crippen LogP contribution in [0.5, 0.6) is 0 Å². The molecule has 0 aromatic heterocycles. The van der Waals surface area contributed by atoms with Crippen LogP contribution in [0, 0.1) is 0 Å². The zero-order valence-corrected chi connectivity index (χ0v) is 9.08. The van der Waals surface area contributed by atoms with Crippen LogP contribution in [-0.4, -0.2) is 50.7 Å². The van der Waals surface area contributed by atoms with Gasteiger partial charge in [-0.2, -0.15) is 0 Å². The largest absolute Gasteiger partial charge is 0.383 e. The second-order valence-electron chi connectivity index (χ2n) is 3.78. The van der Waals surface area contributed by atoms with E-state index in [9.17, 15) is 4.79 Å². The van der Waals surface area contributed by atoms with E-state index in [1.807, 2.05) is 7.05 Å². The van der Waals surface area contributed by atoms with Gasteiger partial charge in [-0.3, -0.25) is 9.69 Å². The zero-order valence-electron chi connectivity index (χ0n) is 9.08. The quantitative estimate of drug-likeness (QED) is 0.661. The minimum Gasteiger partial charge on any atom is -0.383 e. The van der Waals surface area contributed by atoms with Crippen molar-refractivity contribution in [3.63, 3.8) is 0 Å². The molecule has 0 aromatic carbocycles. The van der Waals surface area contributed by atoms with Crippen molar-refractivity contribution in [3.05, 3.63) is 0 Å². The SMILES string of the molecule is COCCNC(=O)C1CCCCN1C. The number of hydrogen-bond acceptors (Lipinski definition) is 3. The van der Waals surface area contributed by atoms with Gasteiger partial charge in [0.2, 0.25) is 5.91 Å². The standard InChI is InChI=1S/C10H20N2O2/c1-12-7-4-3-5-9(12)10(13)11-6-8-14-2/h9H,3-8H2,1-2H3,(H,11,13). The molecule has 0 spiro atoms. The van der Waals surface area contributed by atoms with E-state index in [0.29, 0.717) is 13.2 Å². The number of piperidine rings is 1. The van der Waals surface area contributed by atoms with Gasteiger partial charge in [0, 0.05) is 13.7 Å². The number of methoxy groups -OCH3 is 1. The number of nitrogens with one attached hydrogen (secondary N) is 1. The van der Waals surface area contributed by atoms with Gasteiger partial charge in [0.25, 0.3) is 0 Å². The Hall–Kier alpha value is -0.610. The molecule has 0 aromatic rings. The van der Waals surface area contributed by atoms with E-state index in [4.69, 9.17) is 4.74 Å². The average Bonchev–Trinajstić information content (AvgIpc) is 2.18. The van der Waals surface area contributed by atoms with E-state index in [2.05, 4.69) is 10.2 Å². The molecule has 1 saturated heterocycles. The van der Waals surface area contributed by atoms with Gasteiger partial charge in [0.15, 0.2) is 0 Å². The first-order chi connectivity index (χ1) is 6.75. The summed E-state index contributed by atoms with van der Waals surface area (Å²) in [6.07, 6.45) is 3.35. The number of carbonyl (C=O) groups excluding carboxylic acids is 1. The number of nitrogens with zero attached hydrogens (tertiary/aromatic N) is 1. The minimum atomic E-state index is 0.0700. The molecule has 0 saturated carbocycles. The Morgan fingerprint density at radius 3 is 3.00 bits per heavy atom. The highest BCUT2D eigenvalue weighted by Crippen LogP contribution is 2.14. The maximum atomic E-state index is 11.7. The molecule has 1 rings (SSSR count). The van der Waals surface area contributed by atoms with Crippen LogP contribution in [0.3, 0.4) is 0 Å². The van der Waals surface area contributed by atoms with Crippen molar-refractivity contribution >= 4 is 5.91 Å². The average molecular weight is 200 g/mol. The summed E-state index contributed by atoms with van der Waals surface area (Å²) in [5, 5.41) is 2.88. The molecule has 1 unspecified atom stereocenters. The van der Waals surface area contributed by atoms with Crippen LogP contribution in [-0.2, 0) is 9.53 Å². The fourth-order valence-electron chi connectivity index (χ4n) is 1.80. The van der Waals surface area contributed by atoms with Gasteiger partial charge in [-0.1, -0.05) is 6.42 Å². The van der Waals surface area contributed by atoms with Gasteiger partial charge in [0.05, 0.1) is 12.6 Å². The summed E-state index contributed by atoms with van der Waals surface area (Å²) in [6.45, 7) is 2.23. The molecule has 1 atom stereocenters. The first-order valence-corrected chi connectivity index (χ1v) is 5.22. The normalized spacial score (nSPS) is 23.4. The fraction of sp³-hybridized carbons (Fsp3) is 0.900. The second kappa shape index (κ2) is 5.98. The van der Waals surface area contributed by atoms with E-state index in [-0.39, 0.29) is 11.9 Å². The highest BCUT2D eigenvalue weighted by atomic mass is 16.5. The summed E-state index contributed by atoms with van der Waals surface area (Å²) in [5.41, 5.74) is 0. The molecule has 1 aliphatic heterocycles. The molecule has 1 heterocycles. The molecule has 1 amide bonds. The number of rotatable bonds is 4. The molecule has 1 fully saturated rings. The van der Waals surface area contributed by atoms with Crippen LogP contribution < -0.4 is 5.32 Å². The van der Waals surface area contributed by atoms with Crippen molar-refractivity contribution in [1.29, 1.82) is 0 Å². The van der Waals surface area contributed by atoms with Crippen molar-refractivity contribution in [2.45, 2.75) is 25.3 Å². The number of carbonyl (C=O) groups is 1. The lowest BCUT2D eigenvalue weighted by Gasteiger charge is -2.31. The van der Waals surface area contributed by atoms with E-state index >= 15 is 0 Å². The summed E-state index contributed by atoms with van der Waals surface area (Å²) in [6, 6.07) is 0.0700. The molecule has 4 heteroatoms. The van der Waals surface area contributed by atoms with Gasteiger partial charge < -0.3 is 10.1 Å². The third kappa shape index (κ3) is 3.27. The summed E-state index contributed by atoms with van der Waals surface area (Å²) < 4.78 is 4.88. The molecule has 1 aliphatic rings. The maximum Gasteiger partial charge on any atom is 0.237 e. The predicted octanol–water partition coefficient (Wildman–Crippen LogP) is 0.233. The Morgan fingerprint density at radius 1 is 1.57 bits per heavy atom. The van der Waals surface area contributed by atoms with Crippen molar-refractivity contribution in [2.75, 3.05) is 33.9 Å². The van der Waals surface area contributed by atoms with Crippen molar-refractivity contribution in [2.24, 2.45) is 0 Å². The number of ether oxygens (including phenoxy) is 1. The van der Waals surface area contributed by atoms with E-state index < -0.39 is 0 Å². The topological polar surface area (TPSA) is 41.6 Å². The number of amides is 1. The van der Waals surface area contributed by atoms with Gasteiger partial charge in [0.1, 0.15) is 0 Å². The predicted molar refractivity (Wildman–Crippen MR) is 55.2 cm³/mol. The lowest BCUT2D eigenvalue weighted by molar-refractivity contribution is -0.127. The molecule has 82 valence electrons. The molecule has 14 heavy (non-hydrogen) atoms. The Bertz CT molecular complexity index is 185. The van der Waals surface area contributed by atoms with Crippen molar-refractivity contribution < 1.29 is 9.53 Å². The number of likely N-dealkylation sites (N-methyl/N-ethyl adjacent to an activating group) is 1. The molecule has 1 N–H and O–H groups in total. The monoisotopic (exact) mass is 200 g/mol. The molecular weight excluding hydrogens is 180 g/mol. The Morgan fingerprint density at radius 2 is 2.36 bits per heavy atom. The lowest BCUT2D eigenvalue weighted by atomic mass is 10.0. The van der Waals surface area contributed by atoms with E-state index in [1.54, 1.807) is 7.11 Å². The molecule has 4 nitrogen and oxygen atoms in total. The highest BCUT2D eigenvalue weighted by molar-refractivity contribution is 5.81. The van der Waals surface area contributed by atoms with E-state index in [0.717, 1.165) is 19.4 Å². The second-order valence-corrected chi connectivity index (χ2v) is 3.78. The van der Waals surface area contributed by atoms with Gasteiger partial charge in [-0.05, 0) is 26.4 Å². The fourth-order valence-corrected chi connectivity index (χ4v) is 1.80. The van der Waals surface area contributed by atoms with Gasteiger partial charge in [-0.15, -0.1) is 0 Å².